The molecule has 1 atom stereocenters. The van der Waals surface area contributed by atoms with Crippen molar-refractivity contribution in [2.24, 2.45) is 0 Å². The fourth-order valence-electron chi connectivity index (χ4n) is 2.51. The van der Waals surface area contributed by atoms with Crippen LogP contribution in [0, 0.1) is 0 Å². The molecule has 1 aromatic heterocycles. The summed E-state index contributed by atoms with van der Waals surface area (Å²) in [4.78, 5) is 0. The topological polar surface area (TPSA) is 13.1 Å². The lowest BCUT2D eigenvalue weighted by Crippen LogP contribution is -2.52. The Morgan fingerprint density at radius 2 is 1.67 bits per heavy atom. The average molecular weight is 290 g/mol. The molecule has 3 heteroatoms. The van der Waals surface area contributed by atoms with Gasteiger partial charge in [-0.25, -0.2) is 0 Å². The predicted octanol–water partition coefficient (Wildman–Crippen LogP) is 3.50. The van der Waals surface area contributed by atoms with Gasteiger partial charge in [0.2, 0.25) is 0 Å². The molecule has 2 rings (SSSR count). The highest BCUT2D eigenvalue weighted by Crippen LogP contribution is 2.22. The van der Waals surface area contributed by atoms with Crippen molar-refractivity contribution in [3.05, 3.63) is 36.1 Å². The van der Waals surface area contributed by atoms with Gasteiger partial charge < -0.3 is 13.4 Å². The van der Waals surface area contributed by atoms with Gasteiger partial charge in [-0.05, 0) is 26.0 Å². The summed E-state index contributed by atoms with van der Waals surface area (Å²) < 4.78 is 8.11. The first-order valence-electron chi connectivity index (χ1n) is 8.00. The Balaban J connectivity index is 2.09. The average Bonchev–Trinajstić information content (AvgIpc) is 2.87. The molecule has 0 saturated carbocycles. The molecule has 3 nitrogen and oxygen atoms in total. The minimum absolute atomic E-state index is 0.967. The van der Waals surface area contributed by atoms with Crippen LogP contribution < -0.4 is 0 Å². The SMILES string of the molecule is CC[N+](C)(C)CC[N+](C)(CC)Cc1cc2ccccc2o1. The standard InChI is InChI=1S/C18H30N2O/c1-6-19(3,4)12-13-20(5,7-2)15-17-14-16-10-8-9-11-18(16)21-17/h8-11,14H,6-7,12-13,15H2,1-5H3/q+2. The smallest absolute Gasteiger partial charge is 0.159 e. The molecule has 21 heavy (non-hydrogen) atoms. The van der Waals surface area contributed by atoms with Gasteiger partial charge in [0, 0.05) is 5.39 Å². The van der Waals surface area contributed by atoms with Crippen LogP contribution in [-0.2, 0) is 6.54 Å². The monoisotopic (exact) mass is 290 g/mol. The molecular formula is C18H30N2O+2. The lowest BCUT2D eigenvalue weighted by molar-refractivity contribution is -0.962. The van der Waals surface area contributed by atoms with Crippen LogP contribution in [0.4, 0.5) is 0 Å². The lowest BCUT2D eigenvalue weighted by atomic mass is 10.2. The molecule has 1 heterocycles. The molecule has 116 valence electrons. The first-order chi connectivity index (χ1) is 9.87. The number of benzene rings is 1. The number of nitrogens with zero attached hydrogens (tertiary/aromatic N) is 2. The maximum atomic E-state index is 6.00. The summed E-state index contributed by atoms with van der Waals surface area (Å²) in [6.07, 6.45) is 0. The van der Waals surface area contributed by atoms with Crippen molar-refractivity contribution in [2.75, 3.05) is 47.3 Å². The highest BCUT2D eigenvalue weighted by Gasteiger charge is 2.26. The summed E-state index contributed by atoms with van der Waals surface area (Å²) in [7, 11) is 6.95. The van der Waals surface area contributed by atoms with Crippen molar-refractivity contribution in [2.45, 2.75) is 20.4 Å². The van der Waals surface area contributed by atoms with Crippen LogP contribution in [0.15, 0.2) is 34.7 Å². The van der Waals surface area contributed by atoms with Gasteiger partial charge in [0.25, 0.3) is 0 Å². The third kappa shape index (κ3) is 4.08. The van der Waals surface area contributed by atoms with Crippen molar-refractivity contribution in [1.82, 2.24) is 0 Å². The maximum Gasteiger partial charge on any atom is 0.159 e. The van der Waals surface area contributed by atoms with Crippen molar-refractivity contribution in [3.63, 3.8) is 0 Å². The van der Waals surface area contributed by atoms with E-state index in [1.54, 1.807) is 0 Å². The van der Waals surface area contributed by atoms with E-state index in [0.717, 1.165) is 33.4 Å². The van der Waals surface area contributed by atoms with Crippen LogP contribution in [0.3, 0.4) is 0 Å². The highest BCUT2D eigenvalue weighted by atomic mass is 16.3. The molecular weight excluding hydrogens is 260 g/mol. The molecule has 0 amide bonds. The zero-order valence-electron chi connectivity index (χ0n) is 14.2. The summed E-state index contributed by atoms with van der Waals surface area (Å²) in [5.41, 5.74) is 1.000. The summed E-state index contributed by atoms with van der Waals surface area (Å²) in [5, 5.41) is 1.21. The van der Waals surface area contributed by atoms with Crippen LogP contribution in [0.5, 0.6) is 0 Å². The van der Waals surface area contributed by atoms with E-state index in [9.17, 15) is 0 Å². The summed E-state index contributed by atoms with van der Waals surface area (Å²) in [5.74, 6) is 1.10. The molecule has 0 aliphatic heterocycles. The Morgan fingerprint density at radius 3 is 2.29 bits per heavy atom. The number of rotatable bonds is 7. The quantitative estimate of drug-likeness (QED) is 0.711. The Morgan fingerprint density at radius 1 is 0.952 bits per heavy atom. The maximum absolute atomic E-state index is 6.00. The fraction of sp³-hybridized carbons (Fsp3) is 0.556. The first kappa shape index (κ1) is 16.1. The van der Waals surface area contributed by atoms with E-state index in [1.165, 1.54) is 25.0 Å². The van der Waals surface area contributed by atoms with E-state index < -0.39 is 0 Å². The molecule has 0 radical (unpaired) electrons. The van der Waals surface area contributed by atoms with E-state index >= 15 is 0 Å². The number of likely N-dealkylation sites (N-methyl/N-ethyl adjacent to an activating group) is 2. The first-order valence-corrected chi connectivity index (χ1v) is 8.00. The van der Waals surface area contributed by atoms with E-state index in [-0.39, 0.29) is 0 Å². The molecule has 0 aliphatic carbocycles. The summed E-state index contributed by atoms with van der Waals surface area (Å²) in [6.45, 7) is 10.2. The number of para-hydroxylation sites is 1. The number of furan rings is 1. The lowest BCUT2D eigenvalue weighted by Gasteiger charge is -2.36. The highest BCUT2D eigenvalue weighted by molar-refractivity contribution is 5.77. The number of quaternary nitrogens is 2. The number of hydrogen-bond acceptors (Lipinski definition) is 1. The van der Waals surface area contributed by atoms with Gasteiger partial charge >= 0.3 is 0 Å². The normalized spacial score (nSPS) is 15.3. The molecule has 0 fully saturated rings. The Hall–Kier alpha value is -1.32. The van der Waals surface area contributed by atoms with Crippen LogP contribution >= 0.6 is 0 Å². The van der Waals surface area contributed by atoms with Gasteiger partial charge in [-0.3, -0.25) is 0 Å². The summed E-state index contributed by atoms with van der Waals surface area (Å²) in [6, 6.07) is 10.5. The minimum Gasteiger partial charge on any atom is -0.455 e. The van der Waals surface area contributed by atoms with E-state index in [2.05, 4.69) is 53.2 Å². The van der Waals surface area contributed by atoms with Gasteiger partial charge in [0.1, 0.15) is 25.2 Å². The van der Waals surface area contributed by atoms with Gasteiger partial charge in [-0.1, -0.05) is 18.2 Å². The minimum atomic E-state index is 0.967. The number of fused-ring (bicyclic) bond motifs is 1. The second-order valence-electron chi connectivity index (χ2n) is 7.04. The van der Waals surface area contributed by atoms with Crippen LogP contribution in [0.2, 0.25) is 0 Å². The second kappa shape index (κ2) is 6.20. The second-order valence-corrected chi connectivity index (χ2v) is 7.04. The third-order valence-electron chi connectivity index (χ3n) is 4.88. The van der Waals surface area contributed by atoms with Crippen molar-refractivity contribution < 1.29 is 13.4 Å². The van der Waals surface area contributed by atoms with Gasteiger partial charge in [-0.2, -0.15) is 0 Å². The van der Waals surface area contributed by atoms with Crippen molar-refractivity contribution >= 4 is 11.0 Å². The van der Waals surface area contributed by atoms with Gasteiger partial charge in [0.15, 0.2) is 5.76 Å². The third-order valence-corrected chi connectivity index (χ3v) is 4.88. The molecule has 0 aliphatic rings. The number of hydrogen-bond donors (Lipinski definition) is 0. The molecule has 0 N–H and O–H groups in total. The Bertz CT molecular complexity index is 555. The predicted molar refractivity (Wildman–Crippen MR) is 89.0 cm³/mol. The van der Waals surface area contributed by atoms with Gasteiger partial charge in [-0.15, -0.1) is 0 Å². The van der Waals surface area contributed by atoms with E-state index in [4.69, 9.17) is 4.42 Å². The Labute approximate surface area is 128 Å². The van der Waals surface area contributed by atoms with E-state index in [0.29, 0.717) is 0 Å². The summed E-state index contributed by atoms with van der Waals surface area (Å²) >= 11 is 0. The zero-order chi connectivity index (χ0) is 15.5. The van der Waals surface area contributed by atoms with E-state index in [1.807, 2.05) is 12.1 Å². The van der Waals surface area contributed by atoms with Crippen LogP contribution in [0.25, 0.3) is 11.0 Å². The molecule has 0 spiro atoms. The molecule has 0 saturated heterocycles. The van der Waals surface area contributed by atoms with Crippen LogP contribution in [-0.4, -0.2) is 56.3 Å². The Kier molecular flexibility index (Phi) is 4.74. The fourth-order valence-corrected chi connectivity index (χ4v) is 2.51. The molecule has 1 unspecified atom stereocenters. The van der Waals surface area contributed by atoms with Crippen molar-refractivity contribution in [3.8, 4) is 0 Å². The molecule has 2 aromatic rings. The largest absolute Gasteiger partial charge is 0.455 e. The van der Waals surface area contributed by atoms with Gasteiger partial charge in [0.05, 0.1) is 34.2 Å². The molecule has 0 bridgehead atoms. The molecule has 1 aromatic carbocycles. The zero-order valence-corrected chi connectivity index (χ0v) is 14.2. The van der Waals surface area contributed by atoms with Crippen LogP contribution in [0.1, 0.15) is 19.6 Å². The van der Waals surface area contributed by atoms with Crippen molar-refractivity contribution in [1.29, 1.82) is 0 Å².